The second kappa shape index (κ2) is 7.87. The van der Waals surface area contributed by atoms with Gasteiger partial charge in [0.25, 0.3) is 5.91 Å². The second-order valence-corrected chi connectivity index (χ2v) is 7.18. The van der Waals surface area contributed by atoms with Gasteiger partial charge >= 0.3 is 0 Å². The summed E-state index contributed by atoms with van der Waals surface area (Å²) in [5, 5.41) is 6.54. The van der Waals surface area contributed by atoms with E-state index in [1.54, 1.807) is 0 Å². The van der Waals surface area contributed by atoms with Crippen molar-refractivity contribution < 1.29 is 4.79 Å². The van der Waals surface area contributed by atoms with E-state index in [9.17, 15) is 4.79 Å². The van der Waals surface area contributed by atoms with Gasteiger partial charge in [-0.05, 0) is 48.2 Å². The number of hydrogen-bond acceptors (Lipinski definition) is 4. The summed E-state index contributed by atoms with van der Waals surface area (Å²) in [4.78, 5) is 19.4. The lowest BCUT2D eigenvalue weighted by molar-refractivity contribution is 0.0938. The molecule has 1 aromatic heterocycles. The number of hydrogen-bond donors (Lipinski definition) is 2. The maximum absolute atomic E-state index is 12.6. The van der Waals surface area contributed by atoms with E-state index in [1.807, 2.05) is 30.5 Å². The molecule has 26 heavy (non-hydrogen) atoms. The third kappa shape index (κ3) is 3.88. The van der Waals surface area contributed by atoms with Crippen molar-refractivity contribution in [1.82, 2.24) is 15.6 Å². The molecule has 0 atom stereocenters. The molecule has 0 spiro atoms. The van der Waals surface area contributed by atoms with Crippen LogP contribution in [-0.4, -0.2) is 43.1 Å². The fraction of sp³-hybridized carbons (Fsp3) is 0.429. The van der Waals surface area contributed by atoms with Crippen LogP contribution in [-0.2, 0) is 0 Å². The van der Waals surface area contributed by atoms with Gasteiger partial charge in [0.05, 0.1) is 0 Å². The minimum absolute atomic E-state index is 0.0372. The quantitative estimate of drug-likeness (QED) is 0.890. The van der Waals surface area contributed by atoms with Gasteiger partial charge in [0, 0.05) is 44.0 Å². The minimum atomic E-state index is 0.0372. The molecule has 5 heteroatoms. The zero-order valence-electron chi connectivity index (χ0n) is 15.1. The van der Waals surface area contributed by atoms with Gasteiger partial charge in [0.2, 0.25) is 0 Å². The Morgan fingerprint density at radius 1 is 1.08 bits per heavy atom. The average molecular weight is 350 g/mol. The van der Waals surface area contributed by atoms with Gasteiger partial charge in [0.15, 0.2) is 0 Å². The Morgan fingerprint density at radius 2 is 1.85 bits per heavy atom. The third-order valence-corrected chi connectivity index (χ3v) is 5.33. The van der Waals surface area contributed by atoms with Crippen molar-refractivity contribution in [2.24, 2.45) is 0 Å². The molecule has 2 aromatic rings. The van der Waals surface area contributed by atoms with Crippen LogP contribution < -0.4 is 15.5 Å². The maximum Gasteiger partial charge on any atom is 0.251 e. The SMILES string of the molecule is O=C(NC1CCCC1)c1cccc(-c2ccnc(N3CCNCC3)c2)c1. The summed E-state index contributed by atoms with van der Waals surface area (Å²) >= 11 is 0. The molecule has 0 radical (unpaired) electrons. The van der Waals surface area contributed by atoms with Crippen LogP contribution in [0.25, 0.3) is 11.1 Å². The van der Waals surface area contributed by atoms with E-state index in [0.29, 0.717) is 6.04 Å². The number of aromatic nitrogens is 1. The lowest BCUT2D eigenvalue weighted by Crippen LogP contribution is -2.43. The zero-order valence-corrected chi connectivity index (χ0v) is 15.1. The van der Waals surface area contributed by atoms with Crippen LogP contribution in [0.3, 0.4) is 0 Å². The number of anilines is 1. The van der Waals surface area contributed by atoms with Crippen LogP contribution in [0.4, 0.5) is 5.82 Å². The number of carbonyl (C=O) groups excluding carboxylic acids is 1. The van der Waals surface area contributed by atoms with Crippen molar-refractivity contribution in [2.45, 2.75) is 31.7 Å². The Kier molecular flexibility index (Phi) is 5.16. The van der Waals surface area contributed by atoms with E-state index in [2.05, 4.69) is 32.7 Å². The van der Waals surface area contributed by atoms with Gasteiger partial charge in [-0.25, -0.2) is 4.98 Å². The summed E-state index contributed by atoms with van der Waals surface area (Å²) in [7, 11) is 0. The molecular weight excluding hydrogens is 324 g/mol. The Bertz CT molecular complexity index is 764. The predicted molar refractivity (Wildman–Crippen MR) is 104 cm³/mol. The molecule has 1 saturated carbocycles. The Hall–Kier alpha value is -2.40. The average Bonchev–Trinajstić information content (AvgIpc) is 3.22. The molecule has 1 saturated heterocycles. The van der Waals surface area contributed by atoms with Crippen LogP contribution in [0.5, 0.6) is 0 Å². The molecule has 1 aliphatic carbocycles. The molecule has 5 nitrogen and oxygen atoms in total. The van der Waals surface area contributed by atoms with Gasteiger partial charge in [-0.15, -0.1) is 0 Å². The number of nitrogens with one attached hydrogen (secondary N) is 2. The molecule has 1 amide bonds. The number of nitrogens with zero attached hydrogens (tertiary/aromatic N) is 2. The molecule has 0 unspecified atom stereocenters. The van der Waals surface area contributed by atoms with E-state index in [4.69, 9.17) is 0 Å². The largest absolute Gasteiger partial charge is 0.354 e. The number of carbonyl (C=O) groups is 1. The van der Waals surface area contributed by atoms with Crippen molar-refractivity contribution in [1.29, 1.82) is 0 Å². The molecule has 2 fully saturated rings. The van der Waals surface area contributed by atoms with E-state index >= 15 is 0 Å². The third-order valence-electron chi connectivity index (χ3n) is 5.33. The van der Waals surface area contributed by atoms with Crippen molar-refractivity contribution in [2.75, 3.05) is 31.1 Å². The summed E-state index contributed by atoms with van der Waals surface area (Å²) in [5.74, 6) is 1.04. The van der Waals surface area contributed by atoms with Gasteiger partial charge in [0.1, 0.15) is 5.82 Å². The van der Waals surface area contributed by atoms with Crippen LogP contribution in [0.1, 0.15) is 36.0 Å². The molecule has 136 valence electrons. The number of pyridine rings is 1. The minimum Gasteiger partial charge on any atom is -0.354 e. The topological polar surface area (TPSA) is 57.3 Å². The highest BCUT2D eigenvalue weighted by Crippen LogP contribution is 2.24. The van der Waals surface area contributed by atoms with Crippen LogP contribution in [0.15, 0.2) is 42.6 Å². The summed E-state index contributed by atoms with van der Waals surface area (Å²) in [6.45, 7) is 3.92. The van der Waals surface area contributed by atoms with E-state index in [0.717, 1.165) is 61.5 Å². The monoisotopic (exact) mass is 350 g/mol. The first-order chi connectivity index (χ1) is 12.8. The smallest absolute Gasteiger partial charge is 0.251 e. The number of amides is 1. The fourth-order valence-corrected chi connectivity index (χ4v) is 3.84. The Balaban J connectivity index is 1.53. The Labute approximate surface area is 154 Å². The van der Waals surface area contributed by atoms with Crippen molar-refractivity contribution in [3.63, 3.8) is 0 Å². The molecule has 1 aliphatic heterocycles. The summed E-state index contributed by atoms with van der Waals surface area (Å²) < 4.78 is 0. The predicted octanol–water partition coefficient (Wildman–Crippen LogP) is 2.83. The first kappa shape index (κ1) is 17.0. The highest BCUT2D eigenvalue weighted by molar-refractivity contribution is 5.95. The zero-order chi connectivity index (χ0) is 17.8. The molecular formula is C21H26N4O. The lowest BCUT2D eigenvalue weighted by Gasteiger charge is -2.28. The number of rotatable bonds is 4. The number of benzene rings is 1. The van der Waals surface area contributed by atoms with Crippen molar-refractivity contribution >= 4 is 11.7 Å². The highest BCUT2D eigenvalue weighted by atomic mass is 16.1. The molecule has 0 bridgehead atoms. The fourth-order valence-electron chi connectivity index (χ4n) is 3.84. The van der Waals surface area contributed by atoms with Gasteiger partial charge in [-0.2, -0.15) is 0 Å². The summed E-state index contributed by atoms with van der Waals surface area (Å²) in [6, 6.07) is 12.4. The van der Waals surface area contributed by atoms with Crippen molar-refractivity contribution in [3.05, 3.63) is 48.2 Å². The molecule has 2 aliphatic rings. The number of piperazine rings is 1. The van der Waals surface area contributed by atoms with Crippen molar-refractivity contribution in [3.8, 4) is 11.1 Å². The molecule has 2 N–H and O–H groups in total. The highest BCUT2D eigenvalue weighted by Gasteiger charge is 2.18. The van der Waals surface area contributed by atoms with E-state index in [1.165, 1.54) is 12.8 Å². The molecule has 4 rings (SSSR count). The Morgan fingerprint density at radius 3 is 2.65 bits per heavy atom. The normalized spacial score (nSPS) is 18.1. The molecule has 1 aromatic carbocycles. The van der Waals surface area contributed by atoms with Crippen LogP contribution in [0.2, 0.25) is 0 Å². The summed E-state index contributed by atoms with van der Waals surface area (Å²) in [5.41, 5.74) is 2.89. The van der Waals surface area contributed by atoms with Crippen LogP contribution in [0, 0.1) is 0 Å². The maximum atomic E-state index is 12.6. The second-order valence-electron chi connectivity index (χ2n) is 7.18. The van der Waals surface area contributed by atoms with Gasteiger partial charge < -0.3 is 15.5 Å². The molecule has 2 heterocycles. The first-order valence-corrected chi connectivity index (χ1v) is 9.62. The van der Waals surface area contributed by atoms with E-state index < -0.39 is 0 Å². The van der Waals surface area contributed by atoms with Gasteiger partial charge in [-0.3, -0.25) is 4.79 Å². The lowest BCUT2D eigenvalue weighted by atomic mass is 10.0. The van der Waals surface area contributed by atoms with E-state index in [-0.39, 0.29) is 5.91 Å². The van der Waals surface area contributed by atoms with Gasteiger partial charge in [-0.1, -0.05) is 25.0 Å². The standard InChI is InChI=1S/C21H26N4O/c26-21(24-19-6-1-2-7-19)18-5-3-4-16(14-18)17-8-9-23-20(15-17)25-12-10-22-11-13-25/h3-5,8-9,14-15,19,22H,1-2,6-7,10-13H2,(H,24,26). The first-order valence-electron chi connectivity index (χ1n) is 9.62. The summed E-state index contributed by atoms with van der Waals surface area (Å²) in [6.07, 6.45) is 6.50. The van der Waals surface area contributed by atoms with Crippen LogP contribution >= 0.6 is 0 Å².